The fraction of sp³-hybridized carbons (Fsp3) is 0.538. The fourth-order valence-corrected chi connectivity index (χ4v) is 2.38. The Kier molecular flexibility index (Phi) is 6.15. The summed E-state index contributed by atoms with van der Waals surface area (Å²) < 4.78 is 0. The summed E-state index contributed by atoms with van der Waals surface area (Å²) in [6.45, 7) is 4.12. The molecule has 2 N–H and O–H groups in total. The lowest BCUT2D eigenvalue weighted by molar-refractivity contribution is 0.0696. The number of thioether (sulfide) groups is 1. The smallest absolute Gasteiger partial charge is 0.335 e. The molecular weight excluding hydrogens is 250 g/mol. The Hall–Kier alpha value is -1.07. The number of carbonyl (C=O) groups is 1. The highest BCUT2D eigenvalue weighted by molar-refractivity contribution is 7.99. The molecule has 1 rings (SSSR count). The Labute approximate surface area is 111 Å². The Morgan fingerprint density at radius 3 is 2.78 bits per heavy atom. The lowest BCUT2D eigenvalue weighted by Crippen LogP contribution is -2.05. The minimum atomic E-state index is -0.924. The maximum absolute atomic E-state index is 11.0. The number of aromatic nitrogens is 1. The maximum Gasteiger partial charge on any atom is 0.335 e. The first-order valence-electron chi connectivity index (χ1n) is 6.04. The highest BCUT2D eigenvalue weighted by atomic mass is 32.2. The van der Waals surface area contributed by atoms with Gasteiger partial charge in [-0.25, -0.2) is 9.78 Å². The summed E-state index contributed by atoms with van der Waals surface area (Å²) in [5.74, 6) is -0.00952. The molecule has 1 unspecified atom stereocenters. The van der Waals surface area contributed by atoms with Gasteiger partial charge in [0.2, 0.25) is 0 Å². The topological polar surface area (TPSA) is 70.4 Å². The second-order valence-corrected chi connectivity index (χ2v) is 5.38. The van der Waals surface area contributed by atoms with Crippen LogP contribution in [0.3, 0.4) is 0 Å². The van der Waals surface area contributed by atoms with Gasteiger partial charge in [0.25, 0.3) is 0 Å². The first kappa shape index (κ1) is 15.0. The molecule has 0 bridgehead atoms. The number of aromatic carboxylic acids is 1. The number of hydrogen-bond acceptors (Lipinski definition) is 4. The molecule has 0 aliphatic carbocycles. The predicted octanol–water partition coefficient (Wildman–Crippen LogP) is 2.45. The molecule has 18 heavy (non-hydrogen) atoms. The van der Waals surface area contributed by atoms with Crippen molar-refractivity contribution in [1.29, 1.82) is 0 Å². The van der Waals surface area contributed by atoms with E-state index in [1.165, 1.54) is 11.8 Å². The molecule has 100 valence electrons. The molecule has 0 amide bonds. The molecule has 0 aliphatic rings. The molecule has 0 saturated heterocycles. The third kappa shape index (κ3) is 4.66. The van der Waals surface area contributed by atoms with Crippen LogP contribution in [0.5, 0.6) is 0 Å². The van der Waals surface area contributed by atoms with Gasteiger partial charge in [-0.05, 0) is 24.5 Å². The Bertz CT molecular complexity index is 409. The maximum atomic E-state index is 11.0. The number of aryl methyl sites for hydroxylation is 1. The predicted molar refractivity (Wildman–Crippen MR) is 72.2 cm³/mol. The van der Waals surface area contributed by atoms with Crippen molar-refractivity contribution in [3.8, 4) is 0 Å². The van der Waals surface area contributed by atoms with Gasteiger partial charge in [0.05, 0.1) is 10.6 Å². The van der Waals surface area contributed by atoms with Crippen LogP contribution in [0.2, 0.25) is 0 Å². The second-order valence-electron chi connectivity index (χ2n) is 4.34. The molecule has 0 aromatic carbocycles. The largest absolute Gasteiger partial charge is 0.478 e. The van der Waals surface area contributed by atoms with Crippen LogP contribution >= 0.6 is 11.8 Å². The number of carboxylic acid groups (broad SMARTS) is 1. The molecule has 1 atom stereocenters. The summed E-state index contributed by atoms with van der Waals surface area (Å²) in [6.07, 6.45) is 1.72. The van der Waals surface area contributed by atoms with Gasteiger partial charge in [-0.15, -0.1) is 11.8 Å². The van der Waals surface area contributed by atoms with Gasteiger partial charge in [0.1, 0.15) is 0 Å². The van der Waals surface area contributed by atoms with E-state index in [4.69, 9.17) is 10.2 Å². The Balaban J connectivity index is 2.85. The van der Waals surface area contributed by atoms with E-state index in [1.54, 1.807) is 12.1 Å². The van der Waals surface area contributed by atoms with E-state index in [1.807, 2.05) is 13.8 Å². The molecular formula is C13H19NO3S. The molecule has 1 heterocycles. The van der Waals surface area contributed by atoms with E-state index < -0.39 is 5.97 Å². The van der Waals surface area contributed by atoms with E-state index >= 15 is 0 Å². The monoisotopic (exact) mass is 269 g/mol. The van der Waals surface area contributed by atoms with E-state index in [9.17, 15) is 4.79 Å². The molecule has 1 aromatic rings. The molecule has 0 saturated carbocycles. The first-order chi connectivity index (χ1) is 8.56. The summed E-state index contributed by atoms with van der Waals surface area (Å²) in [5, 5.41) is 18.7. The summed E-state index contributed by atoms with van der Waals surface area (Å²) in [6, 6.07) is 3.22. The van der Waals surface area contributed by atoms with E-state index in [2.05, 4.69) is 4.98 Å². The number of nitrogens with zero attached hydrogens (tertiary/aromatic N) is 1. The lowest BCUT2D eigenvalue weighted by Gasteiger charge is -2.09. The van der Waals surface area contributed by atoms with Crippen LogP contribution < -0.4 is 0 Å². The second kappa shape index (κ2) is 7.38. The van der Waals surface area contributed by atoms with E-state index in [-0.39, 0.29) is 18.1 Å². The first-order valence-corrected chi connectivity index (χ1v) is 7.03. The van der Waals surface area contributed by atoms with Gasteiger partial charge in [-0.3, -0.25) is 0 Å². The van der Waals surface area contributed by atoms with Crippen molar-refractivity contribution in [3.63, 3.8) is 0 Å². The van der Waals surface area contributed by atoms with Crippen molar-refractivity contribution in [1.82, 2.24) is 4.98 Å². The van der Waals surface area contributed by atoms with Gasteiger partial charge in [-0.1, -0.05) is 20.3 Å². The lowest BCUT2D eigenvalue weighted by atomic mass is 10.2. The summed E-state index contributed by atoms with van der Waals surface area (Å²) in [5.41, 5.74) is 1.10. The van der Waals surface area contributed by atoms with Gasteiger partial charge in [-0.2, -0.15) is 0 Å². The molecule has 0 spiro atoms. The van der Waals surface area contributed by atoms with Crippen molar-refractivity contribution in [2.45, 2.75) is 31.7 Å². The summed E-state index contributed by atoms with van der Waals surface area (Å²) in [7, 11) is 0. The molecule has 0 radical (unpaired) electrons. The minimum absolute atomic E-state index is 0.132. The van der Waals surface area contributed by atoms with Crippen LogP contribution in [-0.4, -0.2) is 33.5 Å². The standard InChI is InChI=1S/C13H19NO3S/c1-3-4-11-5-10(13(16)17)6-12(14-11)18-8-9(2)7-15/h5-6,9,15H,3-4,7-8H2,1-2H3,(H,16,17). The SMILES string of the molecule is CCCc1cc(C(=O)O)cc(SCC(C)CO)n1. The molecule has 0 fully saturated rings. The quantitative estimate of drug-likeness (QED) is 0.744. The van der Waals surface area contributed by atoms with Crippen LogP contribution in [-0.2, 0) is 6.42 Å². The molecule has 1 aromatic heterocycles. The van der Waals surface area contributed by atoms with Crippen molar-refractivity contribution < 1.29 is 15.0 Å². The number of rotatable bonds is 7. The van der Waals surface area contributed by atoms with Crippen LogP contribution in [0, 0.1) is 5.92 Å². The van der Waals surface area contributed by atoms with Crippen LogP contribution in [0.1, 0.15) is 36.3 Å². The molecule has 5 heteroatoms. The van der Waals surface area contributed by atoms with Crippen molar-refractivity contribution in [2.24, 2.45) is 5.92 Å². The zero-order valence-corrected chi connectivity index (χ0v) is 11.5. The number of carboxylic acids is 1. The van der Waals surface area contributed by atoms with E-state index in [0.29, 0.717) is 0 Å². The average molecular weight is 269 g/mol. The summed E-state index contributed by atoms with van der Waals surface area (Å²) >= 11 is 1.49. The minimum Gasteiger partial charge on any atom is -0.478 e. The number of aliphatic hydroxyl groups is 1. The van der Waals surface area contributed by atoms with Gasteiger partial charge in [0.15, 0.2) is 0 Å². The van der Waals surface area contributed by atoms with Crippen molar-refractivity contribution in [2.75, 3.05) is 12.4 Å². The number of aliphatic hydroxyl groups excluding tert-OH is 1. The molecule has 4 nitrogen and oxygen atoms in total. The fourth-order valence-electron chi connectivity index (χ4n) is 1.42. The zero-order valence-electron chi connectivity index (χ0n) is 10.7. The van der Waals surface area contributed by atoms with Crippen molar-refractivity contribution in [3.05, 3.63) is 23.4 Å². The summed E-state index contributed by atoms with van der Waals surface area (Å²) in [4.78, 5) is 15.5. The Morgan fingerprint density at radius 2 is 2.22 bits per heavy atom. The van der Waals surface area contributed by atoms with Crippen LogP contribution in [0.4, 0.5) is 0 Å². The molecule has 0 aliphatic heterocycles. The average Bonchev–Trinajstić information content (AvgIpc) is 2.36. The normalized spacial score (nSPS) is 12.4. The highest BCUT2D eigenvalue weighted by Crippen LogP contribution is 2.21. The van der Waals surface area contributed by atoms with Gasteiger partial charge in [0, 0.05) is 18.1 Å². The van der Waals surface area contributed by atoms with Crippen LogP contribution in [0.25, 0.3) is 0 Å². The van der Waals surface area contributed by atoms with Crippen LogP contribution in [0.15, 0.2) is 17.2 Å². The van der Waals surface area contributed by atoms with Crippen molar-refractivity contribution >= 4 is 17.7 Å². The van der Waals surface area contributed by atoms with E-state index in [0.717, 1.165) is 29.3 Å². The van der Waals surface area contributed by atoms with Gasteiger partial charge < -0.3 is 10.2 Å². The third-order valence-electron chi connectivity index (χ3n) is 2.44. The Morgan fingerprint density at radius 1 is 1.50 bits per heavy atom. The zero-order chi connectivity index (χ0) is 13.5. The highest BCUT2D eigenvalue weighted by Gasteiger charge is 2.10. The van der Waals surface area contributed by atoms with Gasteiger partial charge >= 0.3 is 5.97 Å². The third-order valence-corrected chi connectivity index (χ3v) is 3.68. The number of pyridine rings is 1. The number of hydrogen-bond donors (Lipinski definition) is 2.